The number of halogens is 2. The minimum Gasteiger partial charge on any atom is -0.370 e. The molecule has 1 N–H and O–H groups in total. The number of amidine groups is 1. The van der Waals surface area contributed by atoms with Crippen LogP contribution in [-0.4, -0.2) is 51.2 Å². The standard InChI is InChI=1S/C37H36Cl2N4O3S/c38-32-15-14-28(23-33(32)39)47(45,46)43-34-9-4-3-7-30(34)29-6-1-2-8-31(29)35(43)24-36(44)42-20-16-26(17-21-42)22-25-10-12-27(13-11-25)37-40-18-5-19-41-37/h1-4,6-15,23,26,35H,5,16-22,24H2,(H,40,41). The highest BCUT2D eigenvalue weighted by Crippen LogP contribution is 2.48. The molecular formula is C37H36Cl2N4O3S. The Balaban J connectivity index is 1.10. The molecule has 0 saturated carbocycles. The molecule has 1 fully saturated rings. The van der Waals surface area contributed by atoms with Crippen LogP contribution in [0.25, 0.3) is 11.1 Å². The molecule has 3 heterocycles. The van der Waals surface area contributed by atoms with Crippen LogP contribution in [0, 0.1) is 5.92 Å². The van der Waals surface area contributed by atoms with E-state index in [1.165, 1.54) is 28.1 Å². The summed E-state index contributed by atoms with van der Waals surface area (Å²) in [5.41, 5.74) is 5.47. The lowest BCUT2D eigenvalue weighted by Crippen LogP contribution is -2.43. The molecule has 4 aromatic carbocycles. The molecule has 1 saturated heterocycles. The van der Waals surface area contributed by atoms with Gasteiger partial charge in [0.15, 0.2) is 0 Å². The number of nitrogens with one attached hydrogen (secondary N) is 1. The van der Waals surface area contributed by atoms with Gasteiger partial charge in [0.1, 0.15) is 5.84 Å². The van der Waals surface area contributed by atoms with Crippen LogP contribution in [0.3, 0.4) is 0 Å². The number of piperidine rings is 1. The number of fused-ring (bicyclic) bond motifs is 3. The summed E-state index contributed by atoms with van der Waals surface area (Å²) in [6, 6.07) is 27.4. The van der Waals surface area contributed by atoms with Crippen LogP contribution in [0.1, 0.15) is 48.4 Å². The summed E-state index contributed by atoms with van der Waals surface area (Å²) in [5, 5.41) is 3.81. The van der Waals surface area contributed by atoms with Gasteiger partial charge in [-0.25, -0.2) is 8.42 Å². The average Bonchev–Trinajstić information content (AvgIpc) is 3.10. The Hall–Kier alpha value is -3.85. The first-order valence-electron chi connectivity index (χ1n) is 16.1. The Morgan fingerprint density at radius 2 is 1.60 bits per heavy atom. The second-order valence-corrected chi connectivity index (χ2v) is 15.1. The summed E-state index contributed by atoms with van der Waals surface area (Å²) in [6.45, 7) is 3.12. The van der Waals surface area contributed by atoms with E-state index >= 15 is 0 Å². The number of para-hydroxylation sites is 1. The number of carbonyl (C=O) groups is 1. The number of carbonyl (C=O) groups excluding carboxylic acids is 1. The number of rotatable bonds is 7. The maximum atomic E-state index is 14.4. The lowest BCUT2D eigenvalue weighted by molar-refractivity contribution is -0.132. The van der Waals surface area contributed by atoms with Crippen LogP contribution >= 0.6 is 23.2 Å². The quantitative estimate of drug-likeness (QED) is 0.218. The van der Waals surface area contributed by atoms with Crippen molar-refractivity contribution in [1.82, 2.24) is 10.2 Å². The van der Waals surface area contributed by atoms with Gasteiger partial charge in [0.2, 0.25) is 5.91 Å². The number of hydrogen-bond donors (Lipinski definition) is 1. The van der Waals surface area contributed by atoms with E-state index in [-0.39, 0.29) is 27.3 Å². The van der Waals surface area contributed by atoms with Crippen LogP contribution in [0.4, 0.5) is 5.69 Å². The van der Waals surface area contributed by atoms with Gasteiger partial charge in [-0.05, 0) is 72.6 Å². The van der Waals surface area contributed by atoms with Crippen LogP contribution in [-0.2, 0) is 21.2 Å². The van der Waals surface area contributed by atoms with E-state index < -0.39 is 16.1 Å². The first kappa shape index (κ1) is 31.7. The zero-order chi connectivity index (χ0) is 32.5. The summed E-state index contributed by atoms with van der Waals surface area (Å²) in [5.74, 6) is 1.40. The monoisotopic (exact) mass is 686 g/mol. The minimum absolute atomic E-state index is 0.0235. The van der Waals surface area contributed by atoms with Crippen molar-refractivity contribution in [3.05, 3.63) is 118 Å². The normalized spacial score (nSPS) is 18.2. The zero-order valence-corrected chi connectivity index (χ0v) is 28.2. The molecule has 0 aromatic heterocycles. The highest BCUT2D eigenvalue weighted by atomic mass is 35.5. The fourth-order valence-electron chi connectivity index (χ4n) is 7.00. The van der Waals surface area contributed by atoms with Gasteiger partial charge in [-0.15, -0.1) is 0 Å². The van der Waals surface area contributed by atoms with Gasteiger partial charge in [0.25, 0.3) is 10.0 Å². The van der Waals surface area contributed by atoms with Gasteiger partial charge < -0.3 is 10.2 Å². The van der Waals surface area contributed by atoms with E-state index in [4.69, 9.17) is 23.2 Å². The Bertz CT molecular complexity index is 1940. The maximum Gasteiger partial charge on any atom is 0.264 e. The van der Waals surface area contributed by atoms with E-state index in [2.05, 4.69) is 34.6 Å². The molecule has 47 heavy (non-hydrogen) atoms. The Morgan fingerprint density at radius 1 is 0.872 bits per heavy atom. The minimum atomic E-state index is -4.13. The van der Waals surface area contributed by atoms with Gasteiger partial charge in [0.05, 0.1) is 33.1 Å². The highest BCUT2D eigenvalue weighted by Gasteiger charge is 2.41. The molecule has 242 valence electrons. The number of amides is 1. The molecule has 3 aliphatic heterocycles. The van der Waals surface area contributed by atoms with Crippen LogP contribution in [0.15, 0.2) is 101 Å². The van der Waals surface area contributed by atoms with E-state index in [0.717, 1.165) is 66.9 Å². The number of sulfonamides is 1. The van der Waals surface area contributed by atoms with Gasteiger partial charge in [-0.2, -0.15) is 0 Å². The van der Waals surface area contributed by atoms with Gasteiger partial charge in [-0.1, -0.05) is 89.9 Å². The smallest absolute Gasteiger partial charge is 0.264 e. The largest absolute Gasteiger partial charge is 0.370 e. The van der Waals surface area contributed by atoms with Crippen molar-refractivity contribution in [1.29, 1.82) is 0 Å². The Kier molecular flexibility index (Phi) is 9.01. The predicted octanol–water partition coefficient (Wildman–Crippen LogP) is 7.52. The lowest BCUT2D eigenvalue weighted by atomic mass is 9.87. The third kappa shape index (κ3) is 6.39. The second kappa shape index (κ2) is 13.3. The molecule has 10 heteroatoms. The van der Waals surface area contributed by atoms with E-state index in [1.54, 1.807) is 6.07 Å². The van der Waals surface area contributed by atoms with Gasteiger partial charge >= 0.3 is 0 Å². The van der Waals surface area contributed by atoms with E-state index in [0.29, 0.717) is 24.7 Å². The molecule has 1 unspecified atom stereocenters. The SMILES string of the molecule is O=C(CC1c2ccccc2-c2ccccc2N1S(=O)(=O)c1ccc(Cl)c(Cl)c1)N1CCC(Cc2ccc(C3=NCCCN3)cc2)CC1. The summed E-state index contributed by atoms with van der Waals surface area (Å²) in [4.78, 5) is 20.5. The van der Waals surface area contributed by atoms with Crippen molar-refractivity contribution in [2.45, 2.75) is 43.0 Å². The fourth-order valence-corrected chi connectivity index (χ4v) is 9.04. The molecule has 4 aromatic rings. The molecule has 1 atom stereocenters. The third-order valence-electron chi connectivity index (χ3n) is 9.47. The van der Waals surface area contributed by atoms with Crippen LogP contribution in [0.2, 0.25) is 10.0 Å². The van der Waals surface area contributed by atoms with Crippen LogP contribution in [0.5, 0.6) is 0 Å². The number of nitrogens with zero attached hydrogens (tertiary/aromatic N) is 3. The number of likely N-dealkylation sites (tertiary alicyclic amines) is 1. The summed E-state index contributed by atoms with van der Waals surface area (Å²) in [6.07, 6.45) is 3.86. The first-order valence-corrected chi connectivity index (χ1v) is 18.3. The summed E-state index contributed by atoms with van der Waals surface area (Å²) < 4.78 is 30.2. The van der Waals surface area contributed by atoms with E-state index in [9.17, 15) is 13.2 Å². The van der Waals surface area contributed by atoms with Crippen molar-refractivity contribution >= 4 is 50.7 Å². The van der Waals surface area contributed by atoms with Crippen LogP contribution < -0.4 is 9.62 Å². The Labute approximate surface area is 286 Å². The number of benzene rings is 4. The van der Waals surface area contributed by atoms with Crippen molar-refractivity contribution in [2.75, 3.05) is 30.5 Å². The second-order valence-electron chi connectivity index (χ2n) is 12.4. The molecule has 1 amide bonds. The summed E-state index contributed by atoms with van der Waals surface area (Å²) in [7, 11) is -4.13. The number of anilines is 1. The Morgan fingerprint density at radius 3 is 2.32 bits per heavy atom. The van der Waals surface area contributed by atoms with Crippen molar-refractivity contribution in [2.24, 2.45) is 10.9 Å². The molecule has 3 aliphatic rings. The third-order valence-corrected chi connectivity index (χ3v) is 12.0. The molecule has 0 bridgehead atoms. The maximum absolute atomic E-state index is 14.4. The van der Waals surface area contributed by atoms with Gasteiger partial charge in [0, 0.05) is 37.3 Å². The number of aliphatic imine (C=N–C) groups is 1. The highest BCUT2D eigenvalue weighted by molar-refractivity contribution is 7.92. The average molecular weight is 688 g/mol. The lowest BCUT2D eigenvalue weighted by Gasteiger charge is -2.40. The molecule has 0 aliphatic carbocycles. The molecule has 0 radical (unpaired) electrons. The summed E-state index contributed by atoms with van der Waals surface area (Å²) >= 11 is 12.4. The zero-order valence-electron chi connectivity index (χ0n) is 25.9. The predicted molar refractivity (Wildman–Crippen MR) is 189 cm³/mol. The van der Waals surface area contributed by atoms with E-state index in [1.807, 2.05) is 47.4 Å². The molecule has 7 nitrogen and oxygen atoms in total. The molecule has 7 rings (SSSR count). The number of hydrogen-bond acceptors (Lipinski definition) is 5. The first-order chi connectivity index (χ1) is 22.8. The topological polar surface area (TPSA) is 82.1 Å². The molecular weight excluding hydrogens is 651 g/mol. The molecule has 0 spiro atoms. The van der Waals surface area contributed by atoms with Crippen molar-refractivity contribution < 1.29 is 13.2 Å². The fraction of sp³-hybridized carbons (Fsp3) is 0.297. The van der Waals surface area contributed by atoms with Gasteiger partial charge in [-0.3, -0.25) is 14.1 Å². The van der Waals surface area contributed by atoms with Crippen molar-refractivity contribution in [3.63, 3.8) is 0 Å². The van der Waals surface area contributed by atoms with Crippen molar-refractivity contribution in [3.8, 4) is 11.1 Å².